The van der Waals surface area contributed by atoms with Gasteiger partial charge in [0.1, 0.15) is 12.2 Å². The maximum Gasteiger partial charge on any atom is 0.306 e. The first kappa shape index (κ1) is 18.9. The van der Waals surface area contributed by atoms with Crippen LogP contribution in [0.1, 0.15) is 79.1 Å². The average Bonchev–Trinajstić information content (AvgIpc) is 2.44. The normalized spacial score (nSPS) is 13.6. The lowest BCUT2D eigenvalue weighted by atomic mass is 10.1. The predicted octanol–water partition coefficient (Wildman–Crippen LogP) is 4.01. The Labute approximate surface area is 123 Å². The van der Waals surface area contributed by atoms with E-state index in [0.29, 0.717) is 0 Å². The van der Waals surface area contributed by atoms with Crippen LogP contribution in [0.25, 0.3) is 0 Å². The maximum atomic E-state index is 11.6. The van der Waals surface area contributed by atoms with Crippen LogP contribution < -0.4 is 0 Å². The van der Waals surface area contributed by atoms with Crippen molar-refractivity contribution in [3.8, 4) is 0 Å². The van der Waals surface area contributed by atoms with E-state index in [-0.39, 0.29) is 37.0 Å². The Morgan fingerprint density at radius 2 is 1.10 bits per heavy atom. The molecule has 0 amide bonds. The minimum absolute atomic E-state index is 0.0213. The molecule has 0 saturated heterocycles. The summed E-state index contributed by atoms with van der Waals surface area (Å²) in [5.74, 6) is -0.600. The fourth-order valence-electron chi connectivity index (χ4n) is 2.03. The second kappa shape index (κ2) is 11.7. The lowest BCUT2D eigenvalue weighted by Gasteiger charge is -2.16. The molecule has 0 aliphatic rings. The molecule has 118 valence electrons. The highest BCUT2D eigenvalue weighted by Crippen LogP contribution is 2.11. The van der Waals surface area contributed by atoms with Crippen molar-refractivity contribution < 1.29 is 19.1 Å². The molecule has 0 aliphatic carbocycles. The summed E-state index contributed by atoms with van der Waals surface area (Å²) < 4.78 is 10.6. The molecule has 2 atom stereocenters. The van der Waals surface area contributed by atoms with E-state index < -0.39 is 0 Å². The molecular formula is C16H30O4. The lowest BCUT2D eigenvalue weighted by Crippen LogP contribution is -2.20. The number of hydrogen-bond donors (Lipinski definition) is 0. The van der Waals surface area contributed by atoms with Crippen molar-refractivity contribution in [1.82, 2.24) is 0 Å². The van der Waals surface area contributed by atoms with Gasteiger partial charge in [-0.2, -0.15) is 0 Å². The Hall–Kier alpha value is -1.06. The number of ether oxygens (including phenoxy) is 2. The van der Waals surface area contributed by atoms with Crippen LogP contribution in [-0.2, 0) is 19.1 Å². The van der Waals surface area contributed by atoms with Gasteiger partial charge in [-0.3, -0.25) is 9.59 Å². The molecule has 0 rings (SSSR count). The average molecular weight is 286 g/mol. The summed E-state index contributed by atoms with van der Waals surface area (Å²) in [4.78, 5) is 23.3. The van der Waals surface area contributed by atoms with E-state index in [9.17, 15) is 9.59 Å². The standard InChI is InChI=1S/C16H30O4/c1-5-9-13(7-3)19-15(17)11-12-16(18)20-14(8-4)10-6-2/h13-14H,5-12H2,1-4H3. The molecule has 0 bridgehead atoms. The molecule has 2 unspecified atom stereocenters. The van der Waals surface area contributed by atoms with Gasteiger partial charge in [0.15, 0.2) is 0 Å². The predicted molar refractivity (Wildman–Crippen MR) is 79.4 cm³/mol. The van der Waals surface area contributed by atoms with Crippen LogP contribution in [0.3, 0.4) is 0 Å². The summed E-state index contributed by atoms with van der Waals surface area (Å²) in [5.41, 5.74) is 0. The Bertz CT molecular complexity index is 248. The highest BCUT2D eigenvalue weighted by atomic mass is 16.5. The third-order valence-electron chi connectivity index (χ3n) is 3.26. The van der Waals surface area contributed by atoms with Gasteiger partial charge >= 0.3 is 11.9 Å². The highest BCUT2D eigenvalue weighted by molar-refractivity contribution is 5.77. The van der Waals surface area contributed by atoms with Gasteiger partial charge < -0.3 is 9.47 Å². The first-order valence-corrected chi connectivity index (χ1v) is 7.96. The number of rotatable bonds is 11. The van der Waals surface area contributed by atoms with Crippen LogP contribution >= 0.6 is 0 Å². The SMILES string of the molecule is CCCC(CC)OC(=O)CCC(=O)OC(CC)CCC. The third-order valence-corrected chi connectivity index (χ3v) is 3.26. The molecule has 0 N–H and O–H groups in total. The van der Waals surface area contributed by atoms with Gasteiger partial charge in [-0.1, -0.05) is 40.5 Å². The van der Waals surface area contributed by atoms with E-state index in [1.165, 1.54) is 0 Å². The first-order chi connectivity index (χ1) is 9.57. The molecule has 0 radical (unpaired) electrons. The first-order valence-electron chi connectivity index (χ1n) is 7.96. The second-order valence-electron chi connectivity index (χ2n) is 5.12. The molecule has 0 fully saturated rings. The van der Waals surface area contributed by atoms with Crippen molar-refractivity contribution in [2.24, 2.45) is 0 Å². The van der Waals surface area contributed by atoms with Crippen LogP contribution in [-0.4, -0.2) is 24.1 Å². The van der Waals surface area contributed by atoms with E-state index in [2.05, 4.69) is 13.8 Å². The minimum atomic E-state index is -0.300. The van der Waals surface area contributed by atoms with Crippen LogP contribution in [0, 0.1) is 0 Å². The summed E-state index contributed by atoms with van der Waals surface area (Å²) in [5, 5.41) is 0. The topological polar surface area (TPSA) is 52.6 Å². The van der Waals surface area contributed by atoms with Crippen molar-refractivity contribution in [2.75, 3.05) is 0 Å². The Morgan fingerprint density at radius 1 is 0.750 bits per heavy atom. The number of carbonyl (C=O) groups is 2. The molecule has 0 aromatic rings. The third kappa shape index (κ3) is 8.94. The highest BCUT2D eigenvalue weighted by Gasteiger charge is 2.16. The monoisotopic (exact) mass is 286 g/mol. The van der Waals surface area contributed by atoms with Crippen LogP contribution in [0.5, 0.6) is 0 Å². The van der Waals surface area contributed by atoms with E-state index in [1.807, 2.05) is 13.8 Å². The fourth-order valence-corrected chi connectivity index (χ4v) is 2.03. The maximum absolute atomic E-state index is 11.6. The van der Waals surface area contributed by atoms with Crippen molar-refractivity contribution in [3.63, 3.8) is 0 Å². The van der Waals surface area contributed by atoms with Gasteiger partial charge in [0, 0.05) is 0 Å². The fraction of sp³-hybridized carbons (Fsp3) is 0.875. The molecule has 0 aromatic carbocycles. The van der Waals surface area contributed by atoms with Gasteiger partial charge in [0.05, 0.1) is 12.8 Å². The molecule has 0 heterocycles. The molecule has 0 aliphatic heterocycles. The van der Waals surface area contributed by atoms with Crippen LogP contribution in [0.4, 0.5) is 0 Å². The second-order valence-corrected chi connectivity index (χ2v) is 5.12. The quantitative estimate of drug-likeness (QED) is 0.538. The smallest absolute Gasteiger partial charge is 0.306 e. The molecule has 4 nitrogen and oxygen atoms in total. The molecule has 0 spiro atoms. The molecule has 0 saturated carbocycles. The van der Waals surface area contributed by atoms with Crippen molar-refractivity contribution in [3.05, 3.63) is 0 Å². The summed E-state index contributed by atoms with van der Waals surface area (Å²) in [6.45, 7) is 8.12. The zero-order valence-corrected chi connectivity index (χ0v) is 13.4. The van der Waals surface area contributed by atoms with Gasteiger partial charge in [0.25, 0.3) is 0 Å². The van der Waals surface area contributed by atoms with Gasteiger partial charge in [0.2, 0.25) is 0 Å². The summed E-state index contributed by atoms with van der Waals surface area (Å²) in [6, 6.07) is 0. The molecule has 20 heavy (non-hydrogen) atoms. The number of carbonyl (C=O) groups excluding carboxylic acids is 2. The van der Waals surface area contributed by atoms with E-state index in [1.54, 1.807) is 0 Å². The summed E-state index contributed by atoms with van der Waals surface area (Å²) >= 11 is 0. The zero-order chi connectivity index (χ0) is 15.4. The van der Waals surface area contributed by atoms with Crippen molar-refractivity contribution >= 4 is 11.9 Å². The van der Waals surface area contributed by atoms with Crippen molar-refractivity contribution in [1.29, 1.82) is 0 Å². The van der Waals surface area contributed by atoms with Crippen LogP contribution in [0.2, 0.25) is 0 Å². The number of hydrogen-bond acceptors (Lipinski definition) is 4. The Balaban J connectivity index is 3.95. The van der Waals surface area contributed by atoms with Gasteiger partial charge in [-0.15, -0.1) is 0 Å². The molecular weight excluding hydrogens is 256 g/mol. The molecule has 4 heteroatoms. The minimum Gasteiger partial charge on any atom is -0.462 e. The Morgan fingerprint density at radius 3 is 1.35 bits per heavy atom. The van der Waals surface area contributed by atoms with Crippen molar-refractivity contribution in [2.45, 2.75) is 91.3 Å². The Kier molecular flexibility index (Phi) is 11.1. The van der Waals surface area contributed by atoms with E-state index >= 15 is 0 Å². The number of esters is 2. The zero-order valence-electron chi connectivity index (χ0n) is 13.4. The van der Waals surface area contributed by atoms with Gasteiger partial charge in [-0.25, -0.2) is 0 Å². The van der Waals surface area contributed by atoms with E-state index in [0.717, 1.165) is 38.5 Å². The summed E-state index contributed by atoms with van der Waals surface area (Å²) in [7, 11) is 0. The van der Waals surface area contributed by atoms with E-state index in [4.69, 9.17) is 9.47 Å². The van der Waals surface area contributed by atoms with Gasteiger partial charge in [-0.05, 0) is 25.7 Å². The molecule has 0 aromatic heterocycles. The van der Waals surface area contributed by atoms with Crippen LogP contribution in [0.15, 0.2) is 0 Å². The summed E-state index contributed by atoms with van der Waals surface area (Å²) in [6.07, 6.45) is 5.55. The largest absolute Gasteiger partial charge is 0.462 e. The lowest BCUT2D eigenvalue weighted by molar-refractivity contribution is -0.156.